The number of nitrogens with one attached hydrogen (secondary N) is 2. The van der Waals surface area contributed by atoms with Crippen molar-refractivity contribution < 1.29 is 4.74 Å². The Labute approximate surface area is 109 Å². The fourth-order valence-corrected chi connectivity index (χ4v) is 1.74. The van der Waals surface area contributed by atoms with E-state index in [1.165, 1.54) is 5.56 Å². The fraction of sp³-hybridized carbons (Fsp3) is 0.538. The van der Waals surface area contributed by atoms with Crippen LogP contribution >= 0.6 is 11.6 Å². The van der Waals surface area contributed by atoms with E-state index >= 15 is 0 Å². The van der Waals surface area contributed by atoms with Gasteiger partial charge in [-0.3, -0.25) is 0 Å². The second-order valence-corrected chi connectivity index (χ2v) is 4.35. The van der Waals surface area contributed by atoms with E-state index in [1.54, 1.807) is 7.11 Å². The molecule has 96 valence electrons. The highest BCUT2D eigenvalue weighted by Crippen LogP contribution is 2.18. The molecule has 0 spiro atoms. The highest BCUT2D eigenvalue weighted by Gasteiger charge is 2.00. The molecule has 0 aromatic heterocycles. The van der Waals surface area contributed by atoms with Crippen molar-refractivity contribution in [2.75, 3.05) is 33.4 Å². The van der Waals surface area contributed by atoms with E-state index in [4.69, 9.17) is 16.3 Å². The van der Waals surface area contributed by atoms with Crippen LogP contribution in [0.1, 0.15) is 11.1 Å². The van der Waals surface area contributed by atoms with Crippen LogP contribution in [0.3, 0.4) is 0 Å². The Morgan fingerprint density at radius 2 is 1.94 bits per heavy atom. The minimum atomic E-state index is 0.757. The van der Waals surface area contributed by atoms with Gasteiger partial charge in [0.05, 0.1) is 6.61 Å². The molecule has 0 amide bonds. The quantitative estimate of drug-likeness (QED) is 0.698. The maximum Gasteiger partial charge on any atom is 0.0587 e. The molecule has 0 saturated heterocycles. The number of hydrogen-bond donors (Lipinski definition) is 2. The number of halogens is 1. The third-order valence-corrected chi connectivity index (χ3v) is 3.07. The highest BCUT2D eigenvalue weighted by atomic mass is 35.5. The molecule has 4 heteroatoms. The van der Waals surface area contributed by atoms with Crippen molar-refractivity contribution in [1.82, 2.24) is 10.6 Å². The van der Waals surface area contributed by atoms with Gasteiger partial charge in [-0.25, -0.2) is 0 Å². The zero-order chi connectivity index (χ0) is 12.5. The highest BCUT2D eigenvalue weighted by molar-refractivity contribution is 6.31. The fourth-order valence-electron chi connectivity index (χ4n) is 1.54. The first kappa shape index (κ1) is 14.5. The number of rotatable bonds is 8. The molecule has 1 rings (SSSR count). The van der Waals surface area contributed by atoms with Gasteiger partial charge in [-0.1, -0.05) is 23.7 Å². The molecule has 0 saturated carbocycles. The topological polar surface area (TPSA) is 33.3 Å². The molecule has 0 aliphatic carbocycles. The summed E-state index contributed by atoms with van der Waals surface area (Å²) in [6, 6.07) is 6.02. The molecule has 0 aliphatic rings. The lowest BCUT2D eigenvalue weighted by atomic mass is 10.1. The zero-order valence-corrected chi connectivity index (χ0v) is 11.3. The van der Waals surface area contributed by atoms with Crippen LogP contribution in [-0.4, -0.2) is 33.4 Å². The van der Waals surface area contributed by atoms with Crippen LogP contribution in [0, 0.1) is 6.92 Å². The summed E-state index contributed by atoms with van der Waals surface area (Å²) in [5, 5.41) is 7.51. The van der Waals surface area contributed by atoms with Crippen molar-refractivity contribution in [3.8, 4) is 0 Å². The Morgan fingerprint density at radius 1 is 1.18 bits per heavy atom. The minimum absolute atomic E-state index is 0.757. The molecule has 0 fully saturated rings. The summed E-state index contributed by atoms with van der Waals surface area (Å²) in [5.74, 6) is 0. The van der Waals surface area contributed by atoms with Crippen molar-refractivity contribution >= 4 is 11.6 Å². The van der Waals surface area contributed by atoms with Crippen LogP contribution in [0.4, 0.5) is 0 Å². The van der Waals surface area contributed by atoms with E-state index in [2.05, 4.69) is 23.6 Å². The lowest BCUT2D eigenvalue weighted by Gasteiger charge is -2.09. The van der Waals surface area contributed by atoms with Crippen molar-refractivity contribution in [3.05, 3.63) is 34.3 Å². The van der Waals surface area contributed by atoms with Gasteiger partial charge in [0.15, 0.2) is 0 Å². The summed E-state index contributed by atoms with van der Waals surface area (Å²) >= 11 is 6.06. The van der Waals surface area contributed by atoms with Crippen LogP contribution in [-0.2, 0) is 11.3 Å². The standard InChI is InChI=1S/C13H21ClN2O/c1-11-12(4-3-5-13(11)14)10-16-7-6-15-8-9-17-2/h3-5,15-16H,6-10H2,1-2H3. The van der Waals surface area contributed by atoms with Crippen LogP contribution in [0.5, 0.6) is 0 Å². The Kier molecular flexibility index (Phi) is 7.21. The number of methoxy groups -OCH3 is 1. The van der Waals surface area contributed by atoms with Gasteiger partial charge in [0, 0.05) is 38.3 Å². The Morgan fingerprint density at radius 3 is 2.71 bits per heavy atom. The van der Waals surface area contributed by atoms with Gasteiger partial charge in [-0.15, -0.1) is 0 Å². The van der Waals surface area contributed by atoms with E-state index in [-0.39, 0.29) is 0 Å². The largest absolute Gasteiger partial charge is 0.383 e. The van der Waals surface area contributed by atoms with Gasteiger partial charge in [0.1, 0.15) is 0 Å². The lowest BCUT2D eigenvalue weighted by Crippen LogP contribution is -2.29. The average molecular weight is 257 g/mol. The normalized spacial score (nSPS) is 10.8. The third-order valence-electron chi connectivity index (χ3n) is 2.66. The van der Waals surface area contributed by atoms with Crippen molar-refractivity contribution in [2.24, 2.45) is 0 Å². The number of benzene rings is 1. The first-order valence-electron chi connectivity index (χ1n) is 5.90. The SMILES string of the molecule is COCCNCCNCc1cccc(Cl)c1C. The monoisotopic (exact) mass is 256 g/mol. The summed E-state index contributed by atoms with van der Waals surface area (Å²) in [7, 11) is 1.71. The Balaban J connectivity index is 2.16. The van der Waals surface area contributed by atoms with E-state index in [0.717, 1.165) is 43.4 Å². The van der Waals surface area contributed by atoms with Gasteiger partial charge in [-0.2, -0.15) is 0 Å². The second kappa shape index (κ2) is 8.48. The molecule has 2 N–H and O–H groups in total. The van der Waals surface area contributed by atoms with Gasteiger partial charge in [0.2, 0.25) is 0 Å². The Bertz CT molecular complexity index is 331. The van der Waals surface area contributed by atoms with E-state index < -0.39 is 0 Å². The molecule has 0 bridgehead atoms. The molecule has 0 radical (unpaired) electrons. The van der Waals surface area contributed by atoms with Gasteiger partial charge < -0.3 is 15.4 Å². The molecule has 0 unspecified atom stereocenters. The first-order chi connectivity index (χ1) is 8.25. The van der Waals surface area contributed by atoms with Crippen molar-refractivity contribution in [3.63, 3.8) is 0 Å². The minimum Gasteiger partial charge on any atom is -0.383 e. The summed E-state index contributed by atoms with van der Waals surface area (Å²) < 4.78 is 4.95. The lowest BCUT2D eigenvalue weighted by molar-refractivity contribution is 0.199. The number of hydrogen-bond acceptors (Lipinski definition) is 3. The molecular weight excluding hydrogens is 236 g/mol. The second-order valence-electron chi connectivity index (χ2n) is 3.94. The predicted molar refractivity (Wildman–Crippen MR) is 72.6 cm³/mol. The molecular formula is C13H21ClN2O. The maximum atomic E-state index is 6.06. The van der Waals surface area contributed by atoms with E-state index in [1.807, 2.05) is 12.1 Å². The van der Waals surface area contributed by atoms with Crippen LogP contribution in [0.2, 0.25) is 5.02 Å². The van der Waals surface area contributed by atoms with E-state index in [0.29, 0.717) is 0 Å². The molecule has 0 heterocycles. The Hall–Kier alpha value is -0.610. The average Bonchev–Trinajstić information content (AvgIpc) is 2.33. The van der Waals surface area contributed by atoms with Gasteiger partial charge in [-0.05, 0) is 24.1 Å². The summed E-state index contributed by atoms with van der Waals surface area (Å²) in [6.45, 7) is 6.45. The molecule has 3 nitrogen and oxygen atoms in total. The van der Waals surface area contributed by atoms with Crippen LogP contribution < -0.4 is 10.6 Å². The van der Waals surface area contributed by atoms with Gasteiger partial charge >= 0.3 is 0 Å². The summed E-state index contributed by atoms with van der Waals surface area (Å²) in [4.78, 5) is 0. The number of ether oxygens (including phenoxy) is 1. The maximum absolute atomic E-state index is 6.06. The van der Waals surface area contributed by atoms with Crippen LogP contribution in [0.15, 0.2) is 18.2 Å². The summed E-state index contributed by atoms with van der Waals surface area (Å²) in [5.41, 5.74) is 2.42. The van der Waals surface area contributed by atoms with Crippen molar-refractivity contribution in [2.45, 2.75) is 13.5 Å². The third kappa shape index (κ3) is 5.50. The predicted octanol–water partition coefficient (Wildman–Crippen LogP) is 1.97. The molecule has 17 heavy (non-hydrogen) atoms. The summed E-state index contributed by atoms with van der Waals surface area (Å²) in [6.07, 6.45) is 0. The molecule has 0 atom stereocenters. The zero-order valence-electron chi connectivity index (χ0n) is 10.6. The van der Waals surface area contributed by atoms with Crippen LogP contribution in [0.25, 0.3) is 0 Å². The molecule has 1 aromatic carbocycles. The molecule has 0 aliphatic heterocycles. The van der Waals surface area contributed by atoms with Gasteiger partial charge in [0.25, 0.3) is 0 Å². The van der Waals surface area contributed by atoms with Crippen molar-refractivity contribution in [1.29, 1.82) is 0 Å². The first-order valence-corrected chi connectivity index (χ1v) is 6.28. The molecule has 1 aromatic rings. The smallest absolute Gasteiger partial charge is 0.0587 e. The van der Waals surface area contributed by atoms with E-state index in [9.17, 15) is 0 Å².